The smallest absolute Gasteiger partial charge is 0.244 e. The molecule has 4 nitrogen and oxygen atoms in total. The molecule has 25 heavy (non-hydrogen) atoms. The highest BCUT2D eigenvalue weighted by atomic mass is 16.1. The number of hydrogen-bond donors (Lipinski definition) is 1. The molecule has 1 heterocycles. The minimum absolute atomic E-state index is 0.111. The number of nitriles is 1. The van der Waals surface area contributed by atoms with Gasteiger partial charge in [-0.05, 0) is 41.3 Å². The summed E-state index contributed by atoms with van der Waals surface area (Å²) in [6.07, 6.45) is 4.31. The first-order chi connectivity index (χ1) is 12.2. The largest absolute Gasteiger partial charge is 0.351 e. The van der Waals surface area contributed by atoms with Crippen LogP contribution in [0.3, 0.4) is 0 Å². The maximum atomic E-state index is 11.9. The van der Waals surface area contributed by atoms with Crippen molar-refractivity contribution in [1.82, 2.24) is 10.2 Å². The Labute approximate surface area is 148 Å². The third-order valence-electron chi connectivity index (χ3n) is 4.38. The van der Waals surface area contributed by atoms with Crippen LogP contribution in [0.15, 0.2) is 54.6 Å². The highest BCUT2D eigenvalue weighted by Crippen LogP contribution is 2.17. The molecule has 0 radical (unpaired) electrons. The number of carbonyl (C=O) groups excluding carboxylic acids is 1. The Morgan fingerprint density at radius 1 is 1.20 bits per heavy atom. The van der Waals surface area contributed by atoms with E-state index in [-0.39, 0.29) is 5.91 Å². The van der Waals surface area contributed by atoms with Gasteiger partial charge in [0, 0.05) is 32.3 Å². The third-order valence-corrected chi connectivity index (χ3v) is 4.38. The molecular formula is C21H21N3O. The molecule has 0 atom stereocenters. The number of amides is 1. The van der Waals surface area contributed by atoms with Gasteiger partial charge in [0.05, 0.1) is 11.6 Å². The maximum Gasteiger partial charge on any atom is 0.244 e. The van der Waals surface area contributed by atoms with Gasteiger partial charge in [-0.25, -0.2) is 0 Å². The first-order valence-electron chi connectivity index (χ1n) is 8.50. The summed E-state index contributed by atoms with van der Waals surface area (Å²) in [7, 11) is 0. The van der Waals surface area contributed by atoms with Gasteiger partial charge in [-0.1, -0.05) is 36.4 Å². The zero-order valence-corrected chi connectivity index (χ0v) is 14.1. The number of hydrogen-bond acceptors (Lipinski definition) is 3. The summed E-state index contributed by atoms with van der Waals surface area (Å²) in [5, 5.41) is 11.8. The molecule has 0 saturated heterocycles. The molecule has 1 aliphatic rings. The minimum Gasteiger partial charge on any atom is -0.351 e. The molecule has 3 rings (SSSR count). The van der Waals surface area contributed by atoms with Crippen LogP contribution in [0.4, 0.5) is 0 Å². The van der Waals surface area contributed by atoms with E-state index in [4.69, 9.17) is 5.26 Å². The predicted octanol–water partition coefficient (Wildman–Crippen LogP) is 2.75. The molecule has 126 valence electrons. The number of benzene rings is 2. The van der Waals surface area contributed by atoms with Crippen LogP contribution in [0.25, 0.3) is 6.08 Å². The molecule has 0 fully saturated rings. The summed E-state index contributed by atoms with van der Waals surface area (Å²) >= 11 is 0. The lowest BCUT2D eigenvalue weighted by Gasteiger charge is -2.28. The van der Waals surface area contributed by atoms with E-state index in [0.29, 0.717) is 12.1 Å². The molecule has 0 aromatic heterocycles. The van der Waals surface area contributed by atoms with Crippen molar-refractivity contribution in [1.29, 1.82) is 5.26 Å². The second kappa shape index (κ2) is 8.27. The molecule has 1 N–H and O–H groups in total. The second-order valence-electron chi connectivity index (χ2n) is 6.16. The van der Waals surface area contributed by atoms with Gasteiger partial charge in [0.1, 0.15) is 0 Å². The van der Waals surface area contributed by atoms with E-state index in [9.17, 15) is 4.79 Å². The molecular weight excluding hydrogens is 310 g/mol. The zero-order chi connectivity index (χ0) is 17.5. The molecule has 0 bridgehead atoms. The van der Waals surface area contributed by atoms with Gasteiger partial charge in [-0.3, -0.25) is 9.69 Å². The van der Waals surface area contributed by atoms with Gasteiger partial charge in [0.15, 0.2) is 0 Å². The standard InChI is InChI=1S/C21H21N3O/c22-15-18-5-3-4-17(14-18)8-9-21(25)23-11-13-24-12-10-19-6-1-2-7-20(19)16-24/h1-9,14H,10-13,16H2,(H,23,25). The quantitative estimate of drug-likeness (QED) is 0.857. The Kier molecular flexibility index (Phi) is 5.61. The predicted molar refractivity (Wildman–Crippen MR) is 98.6 cm³/mol. The van der Waals surface area contributed by atoms with Crippen LogP contribution in [0.2, 0.25) is 0 Å². The molecule has 0 spiro atoms. The Balaban J connectivity index is 1.44. The molecule has 0 aliphatic carbocycles. The molecule has 0 saturated carbocycles. The van der Waals surface area contributed by atoms with Gasteiger partial charge < -0.3 is 5.32 Å². The average Bonchev–Trinajstić information content (AvgIpc) is 2.66. The lowest BCUT2D eigenvalue weighted by atomic mass is 10.00. The summed E-state index contributed by atoms with van der Waals surface area (Å²) in [4.78, 5) is 14.3. The molecule has 2 aromatic carbocycles. The van der Waals surface area contributed by atoms with Crippen LogP contribution in [0.5, 0.6) is 0 Å². The van der Waals surface area contributed by atoms with Crippen LogP contribution in [0.1, 0.15) is 22.3 Å². The summed E-state index contributed by atoms with van der Waals surface area (Å²) in [6.45, 7) is 3.45. The van der Waals surface area contributed by atoms with Crippen molar-refractivity contribution in [2.75, 3.05) is 19.6 Å². The lowest BCUT2D eigenvalue weighted by molar-refractivity contribution is -0.116. The first-order valence-corrected chi connectivity index (χ1v) is 8.50. The van der Waals surface area contributed by atoms with Gasteiger partial charge >= 0.3 is 0 Å². The molecule has 0 unspecified atom stereocenters. The van der Waals surface area contributed by atoms with Crippen molar-refractivity contribution < 1.29 is 4.79 Å². The van der Waals surface area contributed by atoms with E-state index < -0.39 is 0 Å². The molecule has 4 heteroatoms. The topological polar surface area (TPSA) is 56.1 Å². The number of nitrogens with one attached hydrogen (secondary N) is 1. The van der Waals surface area contributed by atoms with Crippen molar-refractivity contribution in [3.05, 3.63) is 76.9 Å². The summed E-state index contributed by atoms with van der Waals surface area (Å²) < 4.78 is 0. The maximum absolute atomic E-state index is 11.9. The van der Waals surface area contributed by atoms with Crippen molar-refractivity contribution in [3.63, 3.8) is 0 Å². The normalized spacial score (nSPS) is 14.0. The molecule has 1 aliphatic heterocycles. The second-order valence-corrected chi connectivity index (χ2v) is 6.16. The Bertz CT molecular complexity index is 820. The highest BCUT2D eigenvalue weighted by molar-refractivity contribution is 5.91. The summed E-state index contributed by atoms with van der Waals surface area (Å²) in [6, 6.07) is 17.8. The summed E-state index contributed by atoms with van der Waals surface area (Å²) in [5.74, 6) is -0.111. The number of rotatable bonds is 5. The number of nitrogens with zero attached hydrogens (tertiary/aromatic N) is 2. The molecule has 2 aromatic rings. The van der Waals surface area contributed by atoms with Crippen LogP contribution in [0, 0.1) is 11.3 Å². The van der Waals surface area contributed by atoms with E-state index in [1.54, 1.807) is 18.2 Å². The Hall–Kier alpha value is -2.90. The van der Waals surface area contributed by atoms with E-state index in [2.05, 4.69) is 40.6 Å². The Morgan fingerprint density at radius 3 is 2.88 bits per heavy atom. The van der Waals surface area contributed by atoms with Crippen LogP contribution in [-0.2, 0) is 17.8 Å². The fraction of sp³-hybridized carbons (Fsp3) is 0.238. The Morgan fingerprint density at radius 2 is 2.04 bits per heavy atom. The number of fused-ring (bicyclic) bond motifs is 1. The van der Waals surface area contributed by atoms with E-state index in [1.165, 1.54) is 17.2 Å². The third kappa shape index (κ3) is 4.79. The van der Waals surface area contributed by atoms with Gasteiger partial charge in [0.25, 0.3) is 0 Å². The van der Waals surface area contributed by atoms with Gasteiger partial charge in [0.2, 0.25) is 5.91 Å². The minimum atomic E-state index is -0.111. The zero-order valence-electron chi connectivity index (χ0n) is 14.1. The summed E-state index contributed by atoms with van der Waals surface area (Å²) in [5.41, 5.74) is 4.26. The average molecular weight is 331 g/mol. The van der Waals surface area contributed by atoms with Crippen LogP contribution < -0.4 is 5.32 Å². The SMILES string of the molecule is N#Cc1cccc(C=CC(=O)NCCN2CCc3ccccc3C2)c1. The lowest BCUT2D eigenvalue weighted by Crippen LogP contribution is -2.37. The number of carbonyl (C=O) groups is 1. The fourth-order valence-electron chi connectivity index (χ4n) is 3.02. The van der Waals surface area contributed by atoms with E-state index in [1.807, 2.05) is 12.1 Å². The fourth-order valence-corrected chi connectivity index (χ4v) is 3.02. The van der Waals surface area contributed by atoms with Gasteiger partial charge in [-0.2, -0.15) is 5.26 Å². The highest BCUT2D eigenvalue weighted by Gasteiger charge is 2.14. The van der Waals surface area contributed by atoms with Crippen LogP contribution >= 0.6 is 0 Å². The first kappa shape index (κ1) is 16.9. The van der Waals surface area contributed by atoms with Crippen molar-refractivity contribution >= 4 is 12.0 Å². The van der Waals surface area contributed by atoms with E-state index >= 15 is 0 Å². The van der Waals surface area contributed by atoms with Gasteiger partial charge in [-0.15, -0.1) is 0 Å². The van der Waals surface area contributed by atoms with Crippen molar-refractivity contribution in [2.24, 2.45) is 0 Å². The van der Waals surface area contributed by atoms with Crippen molar-refractivity contribution in [3.8, 4) is 6.07 Å². The molecule has 1 amide bonds. The van der Waals surface area contributed by atoms with Crippen LogP contribution in [-0.4, -0.2) is 30.4 Å². The van der Waals surface area contributed by atoms with Crippen molar-refractivity contribution in [2.45, 2.75) is 13.0 Å². The van der Waals surface area contributed by atoms with E-state index in [0.717, 1.165) is 31.6 Å². The monoisotopic (exact) mass is 331 g/mol.